The van der Waals surface area contributed by atoms with Crippen molar-refractivity contribution in [2.45, 2.75) is 19.0 Å². The predicted octanol–water partition coefficient (Wildman–Crippen LogP) is -1.27. The topological polar surface area (TPSA) is 118 Å². The van der Waals surface area contributed by atoms with E-state index in [-0.39, 0.29) is 17.9 Å². The number of rotatable bonds is 6. The molecule has 0 fully saturated rings. The molecule has 0 atom stereocenters. The Labute approximate surface area is 97.3 Å². The van der Waals surface area contributed by atoms with Gasteiger partial charge in [-0.05, 0) is 0 Å². The molecule has 92 valence electrons. The van der Waals surface area contributed by atoms with Crippen molar-refractivity contribution in [3.63, 3.8) is 0 Å². The molecule has 0 rings (SSSR count). The zero-order valence-electron chi connectivity index (χ0n) is 7.98. The Balaban J connectivity index is 0. The maximum atomic E-state index is 9.55. The van der Waals surface area contributed by atoms with E-state index in [0.717, 1.165) is 11.8 Å². The highest BCUT2D eigenvalue weighted by Crippen LogP contribution is 2.01. The summed E-state index contributed by atoms with van der Waals surface area (Å²) in [5.74, 6) is -0.144. The molecule has 0 aromatic carbocycles. The first kappa shape index (κ1) is 17.4. The quantitative estimate of drug-likeness (QED) is 0.260. The van der Waals surface area contributed by atoms with Gasteiger partial charge in [0.25, 0.3) is 0 Å². The first-order valence-corrected chi connectivity index (χ1v) is 5.81. The van der Waals surface area contributed by atoms with Crippen LogP contribution in [0.2, 0.25) is 0 Å². The molecule has 0 amide bonds. The van der Waals surface area contributed by atoms with E-state index in [2.05, 4.69) is 12.6 Å². The number of aliphatic hydroxyl groups excluding tert-OH is 2. The third-order valence-electron chi connectivity index (χ3n) is 0.860. The number of carboxylic acid groups (broad SMARTS) is 1. The SMILES string of the molecule is O=C(O)CCS.OC(O)CSCC(O)O. The molecule has 0 bridgehead atoms. The highest BCUT2D eigenvalue weighted by atomic mass is 32.2. The fraction of sp³-hybridized carbons (Fsp3) is 0.857. The van der Waals surface area contributed by atoms with E-state index in [1.807, 2.05) is 0 Å². The molecule has 5 N–H and O–H groups in total. The molecule has 0 spiro atoms. The number of thiol groups is 1. The van der Waals surface area contributed by atoms with Gasteiger partial charge in [0.15, 0.2) is 12.6 Å². The molecule has 15 heavy (non-hydrogen) atoms. The lowest BCUT2D eigenvalue weighted by molar-refractivity contribution is -0.136. The Kier molecular flexibility index (Phi) is 14.0. The van der Waals surface area contributed by atoms with Gasteiger partial charge < -0.3 is 25.5 Å². The number of aliphatic carboxylic acids is 1. The number of aliphatic hydroxyl groups is 4. The number of hydrogen-bond acceptors (Lipinski definition) is 7. The number of carbonyl (C=O) groups is 1. The monoisotopic (exact) mass is 260 g/mol. The molecule has 0 aliphatic heterocycles. The lowest BCUT2D eigenvalue weighted by atomic mass is 10.5. The summed E-state index contributed by atoms with van der Waals surface area (Å²) in [5, 5.41) is 40.8. The molecule has 8 heteroatoms. The van der Waals surface area contributed by atoms with Crippen molar-refractivity contribution >= 4 is 30.4 Å². The van der Waals surface area contributed by atoms with Crippen molar-refractivity contribution in [3.8, 4) is 0 Å². The Morgan fingerprint density at radius 3 is 1.67 bits per heavy atom. The second kappa shape index (κ2) is 12.1. The molecule has 0 aliphatic carbocycles. The third-order valence-corrected chi connectivity index (χ3v) is 2.15. The van der Waals surface area contributed by atoms with E-state index in [0.29, 0.717) is 5.75 Å². The second-order valence-corrected chi connectivity index (χ2v) is 3.89. The lowest BCUT2D eigenvalue weighted by Crippen LogP contribution is -2.12. The molecule has 0 saturated heterocycles. The van der Waals surface area contributed by atoms with E-state index in [9.17, 15) is 4.79 Å². The van der Waals surface area contributed by atoms with Crippen LogP contribution in [0.4, 0.5) is 0 Å². The highest BCUT2D eigenvalue weighted by molar-refractivity contribution is 7.99. The summed E-state index contributed by atoms with van der Waals surface area (Å²) in [7, 11) is 0. The Bertz CT molecular complexity index is 144. The molecule has 0 heterocycles. The van der Waals surface area contributed by atoms with Gasteiger partial charge in [-0.2, -0.15) is 24.4 Å². The molecular weight excluding hydrogens is 244 g/mol. The molecule has 0 aromatic heterocycles. The summed E-state index contributed by atoms with van der Waals surface area (Å²) in [6.07, 6.45) is -2.58. The maximum absolute atomic E-state index is 9.55. The van der Waals surface area contributed by atoms with Crippen molar-refractivity contribution in [2.24, 2.45) is 0 Å². The number of hydrogen-bond donors (Lipinski definition) is 6. The smallest absolute Gasteiger partial charge is 0.304 e. The van der Waals surface area contributed by atoms with Crippen LogP contribution in [0.1, 0.15) is 6.42 Å². The van der Waals surface area contributed by atoms with Gasteiger partial charge in [-0.15, -0.1) is 0 Å². The Morgan fingerprint density at radius 1 is 1.13 bits per heavy atom. The summed E-state index contributed by atoms with van der Waals surface area (Å²) in [6, 6.07) is 0. The van der Waals surface area contributed by atoms with Gasteiger partial charge in [-0.25, -0.2) is 0 Å². The summed E-state index contributed by atoms with van der Waals surface area (Å²) >= 11 is 4.75. The van der Waals surface area contributed by atoms with E-state index in [1.54, 1.807) is 0 Å². The van der Waals surface area contributed by atoms with Gasteiger partial charge in [-0.3, -0.25) is 4.79 Å². The van der Waals surface area contributed by atoms with E-state index >= 15 is 0 Å². The molecule has 0 unspecified atom stereocenters. The Morgan fingerprint density at radius 2 is 1.53 bits per heavy atom. The summed E-state index contributed by atoms with van der Waals surface area (Å²) in [6.45, 7) is 0. The number of carboxylic acids is 1. The maximum Gasteiger partial charge on any atom is 0.304 e. The van der Waals surface area contributed by atoms with Gasteiger partial charge in [0, 0.05) is 17.3 Å². The minimum Gasteiger partial charge on any atom is -0.481 e. The zero-order chi connectivity index (χ0) is 12.3. The van der Waals surface area contributed by atoms with Crippen molar-refractivity contribution < 1.29 is 30.3 Å². The second-order valence-electron chi connectivity index (χ2n) is 2.37. The van der Waals surface area contributed by atoms with E-state index in [1.165, 1.54) is 0 Å². The van der Waals surface area contributed by atoms with Crippen molar-refractivity contribution in [1.29, 1.82) is 0 Å². The standard InChI is InChI=1S/C4H10O4S.C3H6O2S/c5-3(6)1-9-2-4(7)8;4-3(5)1-2-6/h3-8H,1-2H2;6H,1-2H2,(H,4,5). The molecule has 0 radical (unpaired) electrons. The average Bonchev–Trinajstić information content (AvgIpc) is 2.03. The van der Waals surface area contributed by atoms with Crippen molar-refractivity contribution in [1.82, 2.24) is 0 Å². The molecule has 6 nitrogen and oxygen atoms in total. The van der Waals surface area contributed by atoms with Gasteiger partial charge in [0.2, 0.25) is 0 Å². The summed E-state index contributed by atoms with van der Waals surface area (Å²) < 4.78 is 0. The minimum atomic E-state index is -1.37. The molecule has 0 saturated carbocycles. The van der Waals surface area contributed by atoms with Crippen molar-refractivity contribution in [2.75, 3.05) is 17.3 Å². The van der Waals surface area contributed by atoms with Gasteiger partial charge in [-0.1, -0.05) is 0 Å². The summed E-state index contributed by atoms with van der Waals surface area (Å²) in [5.41, 5.74) is 0. The fourth-order valence-electron chi connectivity index (χ4n) is 0.375. The number of thioether (sulfide) groups is 1. The van der Waals surface area contributed by atoms with Crippen LogP contribution in [0, 0.1) is 0 Å². The van der Waals surface area contributed by atoms with Gasteiger partial charge in [0.05, 0.1) is 6.42 Å². The largest absolute Gasteiger partial charge is 0.481 e. The van der Waals surface area contributed by atoms with Gasteiger partial charge in [0.1, 0.15) is 0 Å². The minimum absolute atomic E-state index is 0.109. The normalized spacial score (nSPS) is 10.1. The first-order chi connectivity index (χ1) is 6.90. The van der Waals surface area contributed by atoms with Gasteiger partial charge >= 0.3 is 5.97 Å². The van der Waals surface area contributed by atoms with Crippen LogP contribution in [0.15, 0.2) is 0 Å². The average molecular weight is 260 g/mol. The van der Waals surface area contributed by atoms with Crippen LogP contribution in [-0.4, -0.2) is 61.3 Å². The molecular formula is C7H16O6S2. The van der Waals surface area contributed by atoms with Crippen molar-refractivity contribution in [3.05, 3.63) is 0 Å². The fourth-order valence-corrected chi connectivity index (χ4v) is 1.12. The first-order valence-electron chi connectivity index (χ1n) is 4.02. The summed E-state index contributed by atoms with van der Waals surface area (Å²) in [4.78, 5) is 9.55. The zero-order valence-corrected chi connectivity index (χ0v) is 9.69. The van der Waals surface area contributed by atoms with E-state index in [4.69, 9.17) is 25.5 Å². The van der Waals surface area contributed by atoms with E-state index < -0.39 is 18.5 Å². The predicted molar refractivity (Wildman–Crippen MR) is 59.9 cm³/mol. The highest BCUT2D eigenvalue weighted by Gasteiger charge is 2.00. The van der Waals surface area contributed by atoms with Crippen LogP contribution >= 0.6 is 24.4 Å². The van der Waals surface area contributed by atoms with Crippen LogP contribution in [-0.2, 0) is 4.79 Å². The molecule has 0 aromatic rings. The van der Waals surface area contributed by atoms with Crippen LogP contribution in [0.3, 0.4) is 0 Å². The third kappa shape index (κ3) is 24.9. The van der Waals surface area contributed by atoms with Crippen LogP contribution in [0.5, 0.6) is 0 Å². The van der Waals surface area contributed by atoms with Crippen LogP contribution in [0.25, 0.3) is 0 Å². The Hall–Kier alpha value is 0.01000. The lowest BCUT2D eigenvalue weighted by Gasteiger charge is -2.03. The van der Waals surface area contributed by atoms with Crippen LogP contribution < -0.4 is 0 Å². The molecule has 0 aliphatic rings.